The summed E-state index contributed by atoms with van der Waals surface area (Å²) in [6.45, 7) is 11.1. The number of rotatable bonds is 5. The molecular weight excluding hydrogens is 294 g/mol. The van der Waals surface area contributed by atoms with E-state index in [1.54, 1.807) is 20.8 Å². The molecular formula is C13H29N3O4S. The lowest BCUT2D eigenvalue weighted by Gasteiger charge is -2.32. The number of amides is 1. The molecule has 0 aromatic carbocycles. The Morgan fingerprint density at radius 2 is 1.62 bits per heavy atom. The van der Waals surface area contributed by atoms with E-state index in [9.17, 15) is 13.2 Å². The third kappa shape index (κ3) is 8.23. The SMILES string of the molecule is CN(C)S(=O)(=O)NC[C@@H](NC(=O)OC(C)(C)C)C(C)(C)C. The summed E-state index contributed by atoms with van der Waals surface area (Å²) in [6, 6.07) is -0.401. The highest BCUT2D eigenvalue weighted by Gasteiger charge is 2.29. The van der Waals surface area contributed by atoms with Gasteiger partial charge in [-0.3, -0.25) is 0 Å². The summed E-state index contributed by atoms with van der Waals surface area (Å²) in [5.74, 6) is 0. The Kier molecular flexibility index (Phi) is 6.65. The van der Waals surface area contributed by atoms with E-state index in [2.05, 4.69) is 10.0 Å². The second-order valence-corrected chi connectivity index (χ2v) is 9.17. The molecule has 0 rings (SSSR count). The first kappa shape index (κ1) is 20.1. The number of carbonyl (C=O) groups excluding carboxylic acids is 1. The molecule has 0 saturated heterocycles. The van der Waals surface area contributed by atoms with Gasteiger partial charge in [-0.25, -0.2) is 9.52 Å². The molecule has 0 aromatic heterocycles. The van der Waals surface area contributed by atoms with E-state index >= 15 is 0 Å². The molecule has 0 aliphatic rings. The first-order chi connectivity index (χ1) is 9.15. The van der Waals surface area contributed by atoms with Gasteiger partial charge in [-0.1, -0.05) is 20.8 Å². The lowest BCUT2D eigenvalue weighted by molar-refractivity contribution is 0.0466. The molecule has 0 aromatic rings. The predicted molar refractivity (Wildman–Crippen MR) is 83.2 cm³/mol. The van der Waals surface area contributed by atoms with Crippen LogP contribution < -0.4 is 10.0 Å². The van der Waals surface area contributed by atoms with Crippen LogP contribution in [0.3, 0.4) is 0 Å². The smallest absolute Gasteiger partial charge is 0.407 e. The van der Waals surface area contributed by atoms with E-state index in [1.165, 1.54) is 14.1 Å². The second-order valence-electron chi connectivity index (χ2n) is 7.20. The fourth-order valence-corrected chi connectivity index (χ4v) is 1.98. The molecule has 1 amide bonds. The van der Waals surface area contributed by atoms with E-state index in [0.29, 0.717) is 0 Å². The van der Waals surface area contributed by atoms with E-state index in [0.717, 1.165) is 4.31 Å². The highest BCUT2D eigenvalue weighted by Crippen LogP contribution is 2.19. The Morgan fingerprint density at radius 1 is 1.14 bits per heavy atom. The van der Waals surface area contributed by atoms with Crippen LogP contribution in [-0.2, 0) is 14.9 Å². The fraction of sp³-hybridized carbons (Fsp3) is 0.923. The van der Waals surface area contributed by atoms with E-state index in [4.69, 9.17) is 4.74 Å². The maximum atomic E-state index is 11.9. The highest BCUT2D eigenvalue weighted by atomic mass is 32.2. The molecule has 0 spiro atoms. The summed E-state index contributed by atoms with van der Waals surface area (Å²) in [4.78, 5) is 11.9. The molecule has 126 valence electrons. The van der Waals surface area contributed by atoms with Gasteiger partial charge < -0.3 is 10.1 Å². The van der Waals surface area contributed by atoms with Crippen molar-refractivity contribution in [3.8, 4) is 0 Å². The van der Waals surface area contributed by atoms with Gasteiger partial charge in [0.1, 0.15) is 5.60 Å². The molecule has 0 radical (unpaired) electrons. The van der Waals surface area contributed by atoms with Crippen molar-refractivity contribution in [2.24, 2.45) is 5.41 Å². The van der Waals surface area contributed by atoms with Crippen molar-refractivity contribution >= 4 is 16.3 Å². The van der Waals surface area contributed by atoms with E-state index in [1.807, 2.05) is 20.8 Å². The monoisotopic (exact) mass is 323 g/mol. The lowest BCUT2D eigenvalue weighted by atomic mass is 9.87. The van der Waals surface area contributed by atoms with Crippen LogP contribution in [0.4, 0.5) is 4.79 Å². The lowest BCUT2D eigenvalue weighted by Crippen LogP contribution is -2.52. The molecule has 2 N–H and O–H groups in total. The van der Waals surface area contributed by atoms with Crippen molar-refractivity contribution in [1.29, 1.82) is 0 Å². The number of nitrogens with zero attached hydrogens (tertiary/aromatic N) is 1. The molecule has 1 atom stereocenters. The first-order valence-corrected chi connectivity index (χ1v) is 8.26. The summed E-state index contributed by atoms with van der Waals surface area (Å²) in [6.07, 6.45) is -0.563. The second kappa shape index (κ2) is 6.93. The summed E-state index contributed by atoms with van der Waals surface area (Å²) in [5, 5.41) is 2.72. The topological polar surface area (TPSA) is 87.7 Å². The molecule has 21 heavy (non-hydrogen) atoms. The van der Waals surface area contributed by atoms with Crippen molar-refractivity contribution in [1.82, 2.24) is 14.3 Å². The highest BCUT2D eigenvalue weighted by molar-refractivity contribution is 7.87. The van der Waals surface area contributed by atoms with Gasteiger partial charge in [0, 0.05) is 20.6 Å². The van der Waals surface area contributed by atoms with Gasteiger partial charge >= 0.3 is 6.09 Å². The Morgan fingerprint density at radius 3 is 1.95 bits per heavy atom. The Balaban J connectivity index is 4.82. The molecule has 0 unspecified atom stereocenters. The molecule has 0 saturated carbocycles. The Labute approximate surface area is 128 Å². The van der Waals surface area contributed by atoms with Gasteiger partial charge in [-0.05, 0) is 26.2 Å². The predicted octanol–water partition coefficient (Wildman–Crippen LogP) is 1.32. The fourth-order valence-electron chi connectivity index (χ4n) is 1.34. The van der Waals surface area contributed by atoms with Gasteiger partial charge in [0.25, 0.3) is 10.2 Å². The maximum Gasteiger partial charge on any atom is 0.407 e. The van der Waals surface area contributed by atoms with E-state index < -0.39 is 27.9 Å². The number of alkyl carbamates (subject to hydrolysis) is 1. The first-order valence-electron chi connectivity index (χ1n) is 6.82. The van der Waals surface area contributed by atoms with E-state index in [-0.39, 0.29) is 12.0 Å². The van der Waals surface area contributed by atoms with Crippen molar-refractivity contribution < 1.29 is 17.9 Å². The van der Waals surface area contributed by atoms with Crippen molar-refractivity contribution in [3.05, 3.63) is 0 Å². The van der Waals surface area contributed by atoms with Gasteiger partial charge in [0.2, 0.25) is 0 Å². The molecule has 7 nitrogen and oxygen atoms in total. The van der Waals surface area contributed by atoms with Crippen molar-refractivity contribution in [3.63, 3.8) is 0 Å². The van der Waals surface area contributed by atoms with Crippen LogP contribution >= 0.6 is 0 Å². The Bertz CT molecular complexity index is 447. The minimum absolute atomic E-state index is 0.0866. The van der Waals surface area contributed by atoms with Crippen LogP contribution in [0.15, 0.2) is 0 Å². The molecule has 0 aliphatic heterocycles. The van der Waals surface area contributed by atoms with Crippen LogP contribution in [0.25, 0.3) is 0 Å². The maximum absolute atomic E-state index is 11.9. The summed E-state index contributed by atoms with van der Waals surface area (Å²) in [7, 11) is -0.653. The average molecular weight is 323 g/mol. The zero-order valence-electron chi connectivity index (χ0n) is 14.3. The van der Waals surface area contributed by atoms with Gasteiger partial charge in [0.05, 0.1) is 6.04 Å². The quantitative estimate of drug-likeness (QED) is 0.799. The largest absolute Gasteiger partial charge is 0.444 e. The third-order valence-corrected chi connectivity index (χ3v) is 4.18. The van der Waals surface area contributed by atoms with Crippen LogP contribution in [-0.4, -0.2) is 51.1 Å². The number of hydrogen-bond acceptors (Lipinski definition) is 4. The molecule has 0 bridgehead atoms. The normalized spacial score (nSPS) is 14.9. The number of hydrogen-bond donors (Lipinski definition) is 2. The number of carbonyl (C=O) groups is 1. The zero-order valence-corrected chi connectivity index (χ0v) is 15.1. The average Bonchev–Trinajstić information content (AvgIpc) is 2.19. The van der Waals surface area contributed by atoms with Gasteiger partial charge in [-0.15, -0.1) is 0 Å². The standard InChI is InChI=1S/C13H29N3O4S/c1-12(2,3)10(9-14-21(18,19)16(7)8)15-11(17)20-13(4,5)6/h10,14H,9H2,1-8H3,(H,15,17)/t10-/m1/s1. The molecule has 0 aliphatic carbocycles. The van der Waals surface area contributed by atoms with Crippen molar-refractivity contribution in [2.45, 2.75) is 53.2 Å². The number of nitrogens with one attached hydrogen (secondary N) is 2. The Hall–Kier alpha value is -0.860. The van der Waals surface area contributed by atoms with Crippen LogP contribution in [0.5, 0.6) is 0 Å². The minimum Gasteiger partial charge on any atom is -0.444 e. The minimum atomic E-state index is -3.53. The molecule has 8 heteroatoms. The molecule has 0 heterocycles. The molecule has 0 fully saturated rings. The third-order valence-electron chi connectivity index (χ3n) is 2.69. The van der Waals surface area contributed by atoms with Crippen LogP contribution in [0.2, 0.25) is 0 Å². The zero-order chi connectivity index (χ0) is 17.1. The summed E-state index contributed by atoms with van der Waals surface area (Å²) >= 11 is 0. The summed E-state index contributed by atoms with van der Waals surface area (Å²) in [5.41, 5.74) is -0.929. The summed E-state index contributed by atoms with van der Waals surface area (Å²) < 4.78 is 32.2. The number of ether oxygens (including phenoxy) is 1. The van der Waals surface area contributed by atoms with Gasteiger partial charge in [0.15, 0.2) is 0 Å². The van der Waals surface area contributed by atoms with Gasteiger partial charge in [-0.2, -0.15) is 12.7 Å². The van der Waals surface area contributed by atoms with Crippen LogP contribution in [0, 0.1) is 5.41 Å². The van der Waals surface area contributed by atoms with Crippen LogP contribution in [0.1, 0.15) is 41.5 Å². The van der Waals surface area contributed by atoms with Crippen molar-refractivity contribution in [2.75, 3.05) is 20.6 Å².